The lowest BCUT2D eigenvalue weighted by molar-refractivity contribution is -0.402. The zero-order valence-corrected chi connectivity index (χ0v) is 11.0. The van der Waals surface area contributed by atoms with Crippen molar-refractivity contribution in [1.82, 2.24) is 5.32 Å². The van der Waals surface area contributed by atoms with Gasteiger partial charge in [0.25, 0.3) is 0 Å². The van der Waals surface area contributed by atoms with Crippen LogP contribution in [0.2, 0.25) is 0 Å². The Morgan fingerprint density at radius 2 is 2.22 bits per heavy atom. The standard InChI is InChI=1S/C12H14N2O3S/c1-3-8-4-6-10(18-8)12(13-2)9-5-7-11(17-9)14(15)16/h4-7,12-13H,3H2,1-2H3. The Kier molecular flexibility index (Phi) is 3.78. The largest absolute Gasteiger partial charge is 0.433 e. The van der Waals surface area contributed by atoms with Gasteiger partial charge in [-0.3, -0.25) is 10.1 Å². The number of thiophene rings is 1. The first kappa shape index (κ1) is 12.8. The highest BCUT2D eigenvalue weighted by atomic mass is 32.1. The van der Waals surface area contributed by atoms with Crippen LogP contribution in [0.15, 0.2) is 28.7 Å². The number of rotatable bonds is 5. The van der Waals surface area contributed by atoms with E-state index in [9.17, 15) is 10.1 Å². The third-order valence-electron chi connectivity index (χ3n) is 2.68. The van der Waals surface area contributed by atoms with Gasteiger partial charge in [-0.1, -0.05) is 6.92 Å². The summed E-state index contributed by atoms with van der Waals surface area (Å²) in [6.07, 6.45) is 0.986. The van der Waals surface area contributed by atoms with Gasteiger partial charge in [0.05, 0.1) is 6.07 Å². The topological polar surface area (TPSA) is 68.3 Å². The zero-order chi connectivity index (χ0) is 13.1. The molecule has 0 amide bonds. The van der Waals surface area contributed by atoms with Crippen LogP contribution in [0.1, 0.15) is 28.5 Å². The molecule has 5 nitrogen and oxygen atoms in total. The summed E-state index contributed by atoms with van der Waals surface area (Å²) in [7, 11) is 1.81. The average Bonchev–Trinajstić information content (AvgIpc) is 2.99. The molecule has 2 aromatic heterocycles. The van der Waals surface area contributed by atoms with Crippen LogP contribution in [0.25, 0.3) is 0 Å². The van der Waals surface area contributed by atoms with Crippen molar-refractivity contribution in [3.8, 4) is 0 Å². The van der Waals surface area contributed by atoms with Gasteiger partial charge < -0.3 is 9.73 Å². The molecule has 1 atom stereocenters. The number of hydrogen-bond acceptors (Lipinski definition) is 5. The van der Waals surface area contributed by atoms with Crippen LogP contribution < -0.4 is 5.32 Å². The van der Waals surface area contributed by atoms with E-state index in [4.69, 9.17) is 4.42 Å². The molecule has 1 unspecified atom stereocenters. The second-order valence-electron chi connectivity index (χ2n) is 3.81. The normalized spacial score (nSPS) is 12.6. The predicted molar refractivity (Wildman–Crippen MR) is 70.0 cm³/mol. The molecule has 0 saturated carbocycles. The number of nitro groups is 1. The summed E-state index contributed by atoms with van der Waals surface area (Å²) in [5.74, 6) is 0.339. The van der Waals surface area contributed by atoms with Crippen molar-refractivity contribution in [2.45, 2.75) is 19.4 Å². The molecule has 1 N–H and O–H groups in total. The van der Waals surface area contributed by atoms with Crippen LogP contribution in [-0.4, -0.2) is 12.0 Å². The molecule has 0 saturated heterocycles. The van der Waals surface area contributed by atoms with Gasteiger partial charge in [0.2, 0.25) is 0 Å². The van der Waals surface area contributed by atoms with Crippen LogP contribution in [0.4, 0.5) is 5.88 Å². The van der Waals surface area contributed by atoms with E-state index in [0.717, 1.165) is 11.3 Å². The minimum Gasteiger partial charge on any atom is -0.404 e. The van der Waals surface area contributed by atoms with Crippen LogP contribution >= 0.6 is 11.3 Å². The molecule has 0 aliphatic heterocycles. The summed E-state index contributed by atoms with van der Waals surface area (Å²) >= 11 is 1.69. The molecule has 6 heteroatoms. The molecule has 0 radical (unpaired) electrons. The van der Waals surface area contributed by atoms with Gasteiger partial charge in [-0.2, -0.15) is 0 Å². The van der Waals surface area contributed by atoms with Gasteiger partial charge in [-0.05, 0) is 31.7 Å². The summed E-state index contributed by atoms with van der Waals surface area (Å²) in [5.41, 5.74) is 0. The van der Waals surface area contributed by atoms with E-state index in [2.05, 4.69) is 18.3 Å². The van der Waals surface area contributed by atoms with Gasteiger partial charge >= 0.3 is 5.88 Å². The van der Waals surface area contributed by atoms with Crippen molar-refractivity contribution in [2.75, 3.05) is 7.05 Å². The average molecular weight is 266 g/mol. The fourth-order valence-electron chi connectivity index (χ4n) is 1.76. The summed E-state index contributed by atoms with van der Waals surface area (Å²) in [6, 6.07) is 6.99. The molecule has 96 valence electrons. The van der Waals surface area contributed by atoms with Crippen molar-refractivity contribution < 1.29 is 9.34 Å². The Bertz CT molecular complexity index is 547. The maximum absolute atomic E-state index is 10.6. The number of aryl methyl sites for hydroxylation is 1. The zero-order valence-electron chi connectivity index (χ0n) is 10.2. The first-order valence-electron chi connectivity index (χ1n) is 5.65. The van der Waals surface area contributed by atoms with Crippen molar-refractivity contribution in [3.63, 3.8) is 0 Å². The highest BCUT2D eigenvalue weighted by Crippen LogP contribution is 2.31. The Morgan fingerprint density at radius 1 is 1.44 bits per heavy atom. The molecule has 0 aliphatic rings. The minimum absolute atomic E-state index is 0.135. The quantitative estimate of drug-likeness (QED) is 0.667. The number of nitrogens with zero attached hydrogens (tertiary/aromatic N) is 1. The third-order valence-corrected chi connectivity index (χ3v) is 3.98. The molecule has 2 aromatic rings. The van der Waals surface area contributed by atoms with Gasteiger partial charge in [0, 0.05) is 9.75 Å². The molecule has 0 spiro atoms. The molecule has 0 bridgehead atoms. The van der Waals surface area contributed by atoms with Crippen LogP contribution in [0.5, 0.6) is 0 Å². The molecule has 0 fully saturated rings. The second-order valence-corrected chi connectivity index (χ2v) is 5.01. The highest BCUT2D eigenvalue weighted by molar-refractivity contribution is 7.12. The monoisotopic (exact) mass is 266 g/mol. The van der Waals surface area contributed by atoms with Gasteiger partial charge in [-0.25, -0.2) is 0 Å². The second kappa shape index (κ2) is 5.32. The van der Waals surface area contributed by atoms with Crippen LogP contribution in [0.3, 0.4) is 0 Å². The molecule has 2 heterocycles. The van der Waals surface area contributed by atoms with E-state index in [1.165, 1.54) is 10.9 Å². The van der Waals surface area contributed by atoms with Crippen molar-refractivity contribution in [2.24, 2.45) is 0 Å². The fraction of sp³-hybridized carbons (Fsp3) is 0.333. The lowest BCUT2D eigenvalue weighted by Gasteiger charge is -2.10. The maximum Gasteiger partial charge on any atom is 0.433 e. The van der Waals surface area contributed by atoms with E-state index >= 15 is 0 Å². The van der Waals surface area contributed by atoms with Gasteiger partial charge in [0.1, 0.15) is 16.7 Å². The highest BCUT2D eigenvalue weighted by Gasteiger charge is 2.21. The smallest absolute Gasteiger partial charge is 0.404 e. The summed E-state index contributed by atoms with van der Waals surface area (Å²) in [4.78, 5) is 12.5. The van der Waals surface area contributed by atoms with E-state index < -0.39 is 4.92 Å². The van der Waals surface area contributed by atoms with Gasteiger partial charge in [0.15, 0.2) is 0 Å². The summed E-state index contributed by atoms with van der Waals surface area (Å²) in [5, 5.41) is 13.7. The molecule has 0 aliphatic carbocycles. The SMILES string of the molecule is CCc1ccc(C(NC)c2ccc([N+](=O)[O-])o2)s1. The molecule has 18 heavy (non-hydrogen) atoms. The molecular weight excluding hydrogens is 252 g/mol. The van der Waals surface area contributed by atoms with E-state index in [1.807, 2.05) is 13.1 Å². The van der Waals surface area contributed by atoms with Crippen LogP contribution in [0, 0.1) is 10.1 Å². The summed E-state index contributed by atoms with van der Waals surface area (Å²) in [6.45, 7) is 2.10. The Hall–Kier alpha value is -1.66. The molecular formula is C12H14N2O3S. The van der Waals surface area contributed by atoms with Crippen LogP contribution in [-0.2, 0) is 6.42 Å². The lowest BCUT2D eigenvalue weighted by Crippen LogP contribution is -2.15. The molecule has 2 rings (SSSR count). The number of nitrogens with one attached hydrogen (secondary N) is 1. The Labute approximate surface area is 109 Å². The number of hydrogen-bond donors (Lipinski definition) is 1. The van der Waals surface area contributed by atoms with Gasteiger partial charge in [-0.15, -0.1) is 11.3 Å². The molecule has 0 aromatic carbocycles. The lowest BCUT2D eigenvalue weighted by atomic mass is 10.2. The van der Waals surface area contributed by atoms with E-state index in [1.54, 1.807) is 17.4 Å². The van der Waals surface area contributed by atoms with Crippen molar-refractivity contribution in [1.29, 1.82) is 0 Å². The Balaban J connectivity index is 2.29. The number of furan rings is 1. The fourth-order valence-corrected chi connectivity index (χ4v) is 2.83. The van der Waals surface area contributed by atoms with Crippen molar-refractivity contribution in [3.05, 3.63) is 49.9 Å². The maximum atomic E-state index is 10.6. The predicted octanol–water partition coefficient (Wildman–Crippen LogP) is 3.12. The first-order chi connectivity index (χ1) is 8.65. The van der Waals surface area contributed by atoms with E-state index in [0.29, 0.717) is 5.76 Å². The summed E-state index contributed by atoms with van der Waals surface area (Å²) < 4.78 is 5.24. The van der Waals surface area contributed by atoms with Crippen molar-refractivity contribution >= 4 is 17.2 Å². The van der Waals surface area contributed by atoms with E-state index in [-0.39, 0.29) is 11.9 Å². The third kappa shape index (κ3) is 2.44. The first-order valence-corrected chi connectivity index (χ1v) is 6.47. The Morgan fingerprint density at radius 3 is 2.72 bits per heavy atom. The minimum atomic E-state index is -0.526.